The monoisotopic (exact) mass is 411 g/mol. The van der Waals surface area contributed by atoms with E-state index in [9.17, 15) is 13.2 Å². The molecular weight excluding hydrogens is 400 g/mol. The molecule has 0 amide bonds. The summed E-state index contributed by atoms with van der Waals surface area (Å²) >= 11 is 11.8. The first-order valence-corrected chi connectivity index (χ1v) is 8.39. The number of aromatic nitrogens is 2. The Bertz CT molecular complexity index is 973. The zero-order valence-corrected chi connectivity index (χ0v) is 15.1. The van der Waals surface area contributed by atoms with Crippen LogP contribution < -0.4 is 10.4 Å². The Morgan fingerprint density at radius 3 is 2.41 bits per heavy atom. The van der Waals surface area contributed by atoms with Gasteiger partial charge in [0.1, 0.15) is 5.69 Å². The first-order chi connectivity index (χ1) is 12.8. The first-order valence-electron chi connectivity index (χ1n) is 7.64. The SMILES string of the molecule is FC(F)(F)c1cc(-c2ccc(Cl)cc2)[nH+]c(NN=Cc2ccccc2Cl)n1. The highest BCUT2D eigenvalue weighted by molar-refractivity contribution is 6.33. The van der Waals surface area contributed by atoms with Crippen molar-refractivity contribution in [1.29, 1.82) is 0 Å². The first kappa shape index (κ1) is 19.1. The minimum atomic E-state index is -4.61. The van der Waals surface area contributed by atoms with Gasteiger partial charge in [-0.3, -0.25) is 0 Å². The summed E-state index contributed by atoms with van der Waals surface area (Å²) in [4.78, 5) is 6.32. The summed E-state index contributed by atoms with van der Waals surface area (Å²) in [6.45, 7) is 0. The normalized spacial score (nSPS) is 11.7. The minimum Gasteiger partial charge on any atom is -0.240 e. The van der Waals surface area contributed by atoms with Gasteiger partial charge in [-0.25, -0.2) is 4.98 Å². The molecule has 0 bridgehead atoms. The van der Waals surface area contributed by atoms with Crippen molar-refractivity contribution in [2.45, 2.75) is 6.18 Å². The molecule has 0 saturated carbocycles. The molecule has 3 rings (SSSR count). The third-order valence-electron chi connectivity index (χ3n) is 3.49. The van der Waals surface area contributed by atoms with E-state index >= 15 is 0 Å². The van der Waals surface area contributed by atoms with Crippen LogP contribution in [0.25, 0.3) is 11.3 Å². The summed E-state index contributed by atoms with van der Waals surface area (Å²) in [5.74, 6) is -0.168. The van der Waals surface area contributed by atoms with Crippen LogP contribution in [0.5, 0.6) is 0 Å². The fourth-order valence-electron chi connectivity index (χ4n) is 2.21. The topological polar surface area (TPSA) is 51.4 Å². The molecule has 1 aromatic heterocycles. The van der Waals surface area contributed by atoms with Gasteiger partial charge in [-0.1, -0.05) is 46.4 Å². The van der Waals surface area contributed by atoms with Gasteiger partial charge in [-0.2, -0.15) is 18.6 Å². The van der Waals surface area contributed by atoms with E-state index < -0.39 is 11.9 Å². The Morgan fingerprint density at radius 1 is 1.04 bits per heavy atom. The van der Waals surface area contributed by atoms with Crippen LogP contribution >= 0.6 is 23.2 Å². The van der Waals surface area contributed by atoms with Crippen LogP contribution in [-0.2, 0) is 6.18 Å². The Morgan fingerprint density at radius 2 is 1.74 bits per heavy atom. The highest BCUT2D eigenvalue weighted by Crippen LogP contribution is 2.30. The number of H-pyrrole nitrogens is 1. The molecular formula is C18H12Cl2F3N4+. The maximum atomic E-state index is 13.2. The lowest BCUT2D eigenvalue weighted by atomic mass is 10.1. The van der Waals surface area contributed by atoms with E-state index in [2.05, 4.69) is 20.5 Å². The molecule has 0 spiro atoms. The molecule has 3 aromatic rings. The lowest BCUT2D eigenvalue weighted by Gasteiger charge is -2.06. The van der Waals surface area contributed by atoms with Crippen molar-refractivity contribution in [3.8, 4) is 11.3 Å². The van der Waals surface area contributed by atoms with Crippen molar-refractivity contribution in [2.75, 3.05) is 5.43 Å². The van der Waals surface area contributed by atoms with Gasteiger partial charge in [-0.15, -0.1) is 5.10 Å². The molecule has 0 aliphatic carbocycles. The largest absolute Gasteiger partial charge is 0.449 e. The third kappa shape index (κ3) is 4.96. The fraction of sp³-hybridized carbons (Fsp3) is 0.0556. The van der Waals surface area contributed by atoms with Crippen LogP contribution in [0.2, 0.25) is 10.0 Å². The van der Waals surface area contributed by atoms with Gasteiger partial charge in [0, 0.05) is 27.2 Å². The molecule has 9 heteroatoms. The standard InChI is InChI=1S/C18H11Cl2F3N4/c19-13-7-5-11(6-8-13)15-9-16(18(21,22)23)26-17(25-15)27-24-10-12-3-1-2-4-14(12)20/h1-10H,(H,25,26,27)/p+1. The molecule has 0 unspecified atom stereocenters. The Balaban J connectivity index is 1.93. The quantitative estimate of drug-likeness (QED) is 0.465. The summed E-state index contributed by atoms with van der Waals surface area (Å²) in [6, 6.07) is 14.2. The summed E-state index contributed by atoms with van der Waals surface area (Å²) < 4.78 is 39.6. The molecule has 2 aromatic carbocycles. The number of benzene rings is 2. The van der Waals surface area contributed by atoms with Gasteiger partial charge in [0.2, 0.25) is 5.69 Å². The number of hydrazone groups is 1. The van der Waals surface area contributed by atoms with E-state index in [0.29, 0.717) is 21.2 Å². The predicted octanol–water partition coefficient (Wildman–Crippen LogP) is 5.33. The molecule has 0 saturated heterocycles. The van der Waals surface area contributed by atoms with E-state index in [0.717, 1.165) is 6.07 Å². The van der Waals surface area contributed by atoms with Crippen molar-refractivity contribution in [2.24, 2.45) is 5.10 Å². The van der Waals surface area contributed by atoms with Gasteiger partial charge in [0.15, 0.2) is 0 Å². The lowest BCUT2D eigenvalue weighted by molar-refractivity contribution is -0.353. The Hall–Kier alpha value is -2.64. The molecule has 4 nitrogen and oxygen atoms in total. The zero-order chi connectivity index (χ0) is 19.4. The van der Waals surface area contributed by atoms with Gasteiger partial charge in [0.05, 0.1) is 6.21 Å². The fourth-order valence-corrected chi connectivity index (χ4v) is 2.52. The molecule has 0 aliphatic heterocycles. The van der Waals surface area contributed by atoms with Crippen LogP contribution in [0.4, 0.5) is 19.1 Å². The number of nitrogens with one attached hydrogen (secondary N) is 2. The molecule has 0 aliphatic rings. The van der Waals surface area contributed by atoms with E-state index in [1.165, 1.54) is 6.21 Å². The average Bonchev–Trinajstić information content (AvgIpc) is 2.63. The van der Waals surface area contributed by atoms with E-state index in [1.807, 2.05) is 0 Å². The molecule has 27 heavy (non-hydrogen) atoms. The van der Waals surface area contributed by atoms with Crippen molar-refractivity contribution < 1.29 is 18.2 Å². The van der Waals surface area contributed by atoms with Crippen molar-refractivity contribution >= 4 is 35.4 Å². The van der Waals surface area contributed by atoms with Crippen molar-refractivity contribution in [3.63, 3.8) is 0 Å². The summed E-state index contributed by atoms with van der Waals surface area (Å²) in [6.07, 6.45) is -3.22. The third-order valence-corrected chi connectivity index (χ3v) is 4.09. The van der Waals surface area contributed by atoms with Crippen LogP contribution in [0, 0.1) is 0 Å². The number of hydrogen-bond acceptors (Lipinski definition) is 3. The summed E-state index contributed by atoms with van der Waals surface area (Å²) in [7, 11) is 0. The van der Waals surface area contributed by atoms with Crippen molar-refractivity contribution in [1.82, 2.24) is 4.98 Å². The van der Waals surface area contributed by atoms with E-state index in [4.69, 9.17) is 23.2 Å². The molecule has 0 radical (unpaired) electrons. The number of nitrogens with zero attached hydrogens (tertiary/aromatic N) is 2. The van der Waals surface area contributed by atoms with Crippen LogP contribution in [0.3, 0.4) is 0 Å². The maximum absolute atomic E-state index is 13.2. The van der Waals surface area contributed by atoms with Crippen LogP contribution in [0.1, 0.15) is 11.3 Å². The number of anilines is 1. The van der Waals surface area contributed by atoms with E-state index in [-0.39, 0.29) is 11.6 Å². The minimum absolute atomic E-state index is 0.168. The Kier molecular flexibility index (Phi) is 5.62. The lowest BCUT2D eigenvalue weighted by Crippen LogP contribution is -2.20. The van der Waals surface area contributed by atoms with Crippen LogP contribution in [0.15, 0.2) is 59.7 Å². The summed E-state index contributed by atoms with van der Waals surface area (Å²) in [5.41, 5.74) is 2.76. The maximum Gasteiger partial charge on any atom is 0.449 e. The molecule has 2 N–H and O–H groups in total. The highest BCUT2D eigenvalue weighted by Gasteiger charge is 2.37. The van der Waals surface area contributed by atoms with Crippen molar-refractivity contribution in [3.05, 3.63) is 75.9 Å². The molecule has 1 heterocycles. The highest BCUT2D eigenvalue weighted by atomic mass is 35.5. The van der Waals surface area contributed by atoms with E-state index in [1.54, 1.807) is 48.5 Å². The number of aromatic amines is 1. The second-order valence-electron chi connectivity index (χ2n) is 5.42. The number of alkyl halides is 3. The van der Waals surface area contributed by atoms with Crippen LogP contribution in [-0.4, -0.2) is 11.2 Å². The summed E-state index contributed by atoms with van der Waals surface area (Å²) in [5, 5.41) is 4.85. The Labute approximate surface area is 162 Å². The van der Waals surface area contributed by atoms with Gasteiger partial charge >= 0.3 is 12.1 Å². The molecule has 0 atom stereocenters. The predicted molar refractivity (Wildman–Crippen MR) is 98.9 cm³/mol. The molecule has 0 fully saturated rings. The smallest absolute Gasteiger partial charge is 0.240 e. The van der Waals surface area contributed by atoms with Gasteiger partial charge < -0.3 is 0 Å². The number of rotatable bonds is 4. The average molecular weight is 412 g/mol. The zero-order valence-electron chi connectivity index (χ0n) is 13.6. The van der Waals surface area contributed by atoms with Gasteiger partial charge in [-0.05, 0) is 30.3 Å². The molecule has 138 valence electrons. The number of halogens is 5. The van der Waals surface area contributed by atoms with Gasteiger partial charge in [0.25, 0.3) is 0 Å². The second-order valence-corrected chi connectivity index (χ2v) is 6.27. The number of hydrogen-bond donors (Lipinski definition) is 1. The second kappa shape index (κ2) is 7.94.